The van der Waals surface area contributed by atoms with Crippen LogP contribution in [0, 0.1) is 38.9 Å². The van der Waals surface area contributed by atoms with Crippen LogP contribution in [0.15, 0.2) is 34.4 Å². The van der Waals surface area contributed by atoms with Gasteiger partial charge in [-0.3, -0.25) is 14.4 Å². The Labute approximate surface area is 205 Å². The monoisotopic (exact) mass is 462 g/mol. The highest BCUT2D eigenvalue weighted by molar-refractivity contribution is 6.48. The van der Waals surface area contributed by atoms with Gasteiger partial charge in [0, 0.05) is 16.4 Å². The Morgan fingerprint density at radius 1 is 0.941 bits per heavy atom. The van der Waals surface area contributed by atoms with Crippen molar-refractivity contribution in [1.82, 2.24) is 0 Å². The molecule has 0 saturated heterocycles. The highest BCUT2D eigenvalue weighted by atomic mass is 16.2. The summed E-state index contributed by atoms with van der Waals surface area (Å²) in [5.41, 5.74) is 4.30. The van der Waals surface area contributed by atoms with Gasteiger partial charge in [-0.15, -0.1) is 0 Å². The molecule has 0 aromatic heterocycles. The topological polar surface area (TPSA) is 51.2 Å². The molecule has 184 valence electrons. The minimum atomic E-state index is -0.356. The van der Waals surface area contributed by atoms with Gasteiger partial charge in [-0.2, -0.15) is 0 Å². The van der Waals surface area contributed by atoms with Crippen molar-refractivity contribution < 1.29 is 14.4 Å². The molecule has 0 heterocycles. The Hall–Kier alpha value is -1.77. The molecule has 0 aromatic carbocycles. The molecule has 3 fully saturated rings. The number of ketones is 3. The van der Waals surface area contributed by atoms with E-state index in [1.165, 1.54) is 12.0 Å². The summed E-state index contributed by atoms with van der Waals surface area (Å²) >= 11 is 0. The fraction of sp³-hybridized carbons (Fsp3) is 0.710. The van der Waals surface area contributed by atoms with E-state index >= 15 is 0 Å². The van der Waals surface area contributed by atoms with Gasteiger partial charge in [0.25, 0.3) is 0 Å². The predicted molar refractivity (Wildman–Crippen MR) is 135 cm³/mol. The van der Waals surface area contributed by atoms with E-state index in [4.69, 9.17) is 0 Å². The van der Waals surface area contributed by atoms with Gasteiger partial charge in [0.15, 0.2) is 0 Å². The highest BCUT2D eigenvalue weighted by Gasteiger charge is 2.67. The van der Waals surface area contributed by atoms with Crippen LogP contribution in [0.5, 0.6) is 0 Å². The zero-order valence-electron chi connectivity index (χ0n) is 22.5. The van der Waals surface area contributed by atoms with E-state index < -0.39 is 0 Å². The summed E-state index contributed by atoms with van der Waals surface area (Å²) < 4.78 is 0. The first kappa shape index (κ1) is 23.9. The normalized spacial score (nSPS) is 48.2. The minimum Gasteiger partial charge on any atom is -0.299 e. The molecule has 5 aliphatic rings. The molecule has 3 nitrogen and oxygen atoms in total. The van der Waals surface area contributed by atoms with E-state index in [2.05, 4.69) is 47.6 Å². The molecule has 5 rings (SSSR count). The van der Waals surface area contributed by atoms with Crippen LogP contribution in [0.1, 0.15) is 100 Å². The van der Waals surface area contributed by atoms with Crippen molar-refractivity contribution in [1.29, 1.82) is 0 Å². The lowest BCUT2D eigenvalue weighted by molar-refractivity contribution is -0.167. The van der Waals surface area contributed by atoms with Crippen molar-refractivity contribution in [3.05, 3.63) is 34.4 Å². The lowest BCUT2D eigenvalue weighted by atomic mass is 9.34. The molecule has 7 atom stereocenters. The van der Waals surface area contributed by atoms with Crippen LogP contribution < -0.4 is 0 Å². The molecule has 1 unspecified atom stereocenters. The second kappa shape index (κ2) is 6.92. The first-order valence-electron chi connectivity index (χ1n) is 13.4. The van der Waals surface area contributed by atoms with Gasteiger partial charge in [0.05, 0.1) is 0 Å². The molecule has 3 heteroatoms. The van der Waals surface area contributed by atoms with Crippen molar-refractivity contribution in [2.75, 3.05) is 0 Å². The maximum atomic E-state index is 12.7. The number of hydrogen-bond acceptors (Lipinski definition) is 3. The lowest BCUT2D eigenvalue weighted by Gasteiger charge is -2.70. The summed E-state index contributed by atoms with van der Waals surface area (Å²) in [5, 5.41) is 0. The van der Waals surface area contributed by atoms with E-state index in [1.807, 2.05) is 6.92 Å². The highest BCUT2D eigenvalue weighted by Crippen LogP contribution is 2.76. The molecule has 0 bridgehead atoms. The Kier molecular flexibility index (Phi) is 4.87. The summed E-state index contributed by atoms with van der Waals surface area (Å²) in [4.78, 5) is 37.9. The maximum absolute atomic E-state index is 12.7. The van der Waals surface area contributed by atoms with Crippen molar-refractivity contribution in [3.63, 3.8) is 0 Å². The van der Waals surface area contributed by atoms with Gasteiger partial charge >= 0.3 is 0 Å². The van der Waals surface area contributed by atoms with Crippen molar-refractivity contribution >= 4 is 17.3 Å². The van der Waals surface area contributed by atoms with Crippen LogP contribution in [0.4, 0.5) is 0 Å². The molecule has 0 amide bonds. The quantitative estimate of drug-likeness (QED) is 0.240. The van der Waals surface area contributed by atoms with Gasteiger partial charge in [-0.1, -0.05) is 53.2 Å². The largest absolute Gasteiger partial charge is 0.299 e. The molecular formula is C31H42O3. The fourth-order valence-electron chi connectivity index (χ4n) is 9.31. The number of fused-ring (bicyclic) bond motifs is 7. The van der Waals surface area contributed by atoms with Gasteiger partial charge in [-0.05, 0) is 104 Å². The molecule has 0 N–H and O–H groups in total. The van der Waals surface area contributed by atoms with Crippen LogP contribution in [-0.4, -0.2) is 17.3 Å². The van der Waals surface area contributed by atoms with Crippen molar-refractivity contribution in [2.24, 2.45) is 38.9 Å². The standard InChI is InChI=1S/C31H42O3/c1-18-15-23-29(6,21-16-22(33)26(34)19(2)25(18)21)12-14-31(8)24-17-28(5,20(3)32)10-9-27(24,4)11-13-30(23,31)7/h15-16,18,24H,9-14,17H2,1-8H3/t18?,24-,27-,28-,29+,30-,31+/m1/s1. The number of carbonyl (C=O) groups excluding carboxylic acids is 3. The summed E-state index contributed by atoms with van der Waals surface area (Å²) in [7, 11) is 0. The second-order valence-corrected chi connectivity index (χ2v) is 13.8. The Morgan fingerprint density at radius 2 is 1.59 bits per heavy atom. The van der Waals surface area contributed by atoms with E-state index in [0.29, 0.717) is 17.3 Å². The number of rotatable bonds is 1. The van der Waals surface area contributed by atoms with Crippen LogP contribution in [0.2, 0.25) is 0 Å². The third-order valence-electron chi connectivity index (χ3n) is 12.2. The second-order valence-electron chi connectivity index (χ2n) is 13.8. The van der Waals surface area contributed by atoms with Gasteiger partial charge in [-0.25, -0.2) is 0 Å². The average Bonchev–Trinajstić information content (AvgIpc) is 2.77. The average molecular weight is 463 g/mol. The first-order valence-corrected chi connectivity index (χ1v) is 13.4. The molecule has 3 saturated carbocycles. The summed E-state index contributed by atoms with van der Waals surface area (Å²) in [6, 6.07) is 0. The van der Waals surface area contributed by atoms with Crippen LogP contribution >= 0.6 is 0 Å². The first-order chi connectivity index (χ1) is 15.6. The van der Waals surface area contributed by atoms with Gasteiger partial charge < -0.3 is 0 Å². The molecule has 0 spiro atoms. The predicted octanol–water partition coefficient (Wildman–Crippen LogP) is 6.97. The number of hydrogen-bond donors (Lipinski definition) is 0. The third-order valence-corrected chi connectivity index (χ3v) is 12.2. The van der Waals surface area contributed by atoms with E-state index in [9.17, 15) is 14.4 Å². The van der Waals surface area contributed by atoms with Crippen molar-refractivity contribution in [2.45, 2.75) is 100 Å². The van der Waals surface area contributed by atoms with Crippen LogP contribution in [0.3, 0.4) is 0 Å². The molecule has 34 heavy (non-hydrogen) atoms. The minimum absolute atomic E-state index is 0.0122. The Balaban J connectivity index is 1.67. The molecule has 0 radical (unpaired) electrons. The smallest absolute Gasteiger partial charge is 0.228 e. The molecular weight excluding hydrogens is 420 g/mol. The molecule has 0 aliphatic heterocycles. The van der Waals surface area contributed by atoms with Gasteiger partial charge in [0.1, 0.15) is 5.78 Å². The van der Waals surface area contributed by atoms with E-state index in [0.717, 1.165) is 49.7 Å². The van der Waals surface area contributed by atoms with Gasteiger partial charge in [0.2, 0.25) is 11.6 Å². The maximum Gasteiger partial charge on any atom is 0.228 e. The lowest BCUT2D eigenvalue weighted by Crippen LogP contribution is -2.62. The van der Waals surface area contributed by atoms with E-state index in [-0.39, 0.29) is 44.6 Å². The Morgan fingerprint density at radius 3 is 2.24 bits per heavy atom. The number of allylic oxidation sites excluding steroid dienone is 6. The number of carbonyl (C=O) groups is 3. The summed E-state index contributed by atoms with van der Waals surface area (Å²) in [6.45, 7) is 17.9. The third kappa shape index (κ3) is 2.73. The zero-order chi connectivity index (χ0) is 25.1. The van der Waals surface area contributed by atoms with Crippen LogP contribution in [-0.2, 0) is 14.4 Å². The Bertz CT molecular complexity index is 1120. The molecule has 5 aliphatic carbocycles. The number of Topliss-reactive ketones (excluding diaryl/α,β-unsaturated/α-hetero) is 2. The van der Waals surface area contributed by atoms with Crippen LogP contribution in [0.25, 0.3) is 0 Å². The SMILES string of the molecule is CC(=O)[C@]1(C)CC[C@]2(C)CC[C@]3(C)C4=CC(C)C5=C(C)C(=O)C(=O)C=C5[C@]4(C)CC[C@@]3(C)[C@@H]2C1. The summed E-state index contributed by atoms with van der Waals surface area (Å²) in [6.07, 6.45) is 11.7. The van der Waals surface area contributed by atoms with Crippen molar-refractivity contribution in [3.8, 4) is 0 Å². The zero-order valence-corrected chi connectivity index (χ0v) is 22.5. The fourth-order valence-corrected chi connectivity index (χ4v) is 9.31. The molecule has 0 aromatic rings. The summed E-state index contributed by atoms with van der Waals surface area (Å²) in [5.74, 6) is 0.289. The van der Waals surface area contributed by atoms with E-state index in [1.54, 1.807) is 13.0 Å².